The monoisotopic (exact) mass is 344 g/mol. The van der Waals surface area contributed by atoms with Crippen molar-refractivity contribution in [3.63, 3.8) is 0 Å². The molecule has 0 saturated heterocycles. The van der Waals surface area contributed by atoms with Gasteiger partial charge in [0.1, 0.15) is 0 Å². The molecule has 2 N–H and O–H groups in total. The normalized spacial score (nSPS) is 15.6. The third kappa shape index (κ3) is 3.36. The largest absolute Gasteiger partial charge is 0.366 e. The lowest BCUT2D eigenvalue weighted by Gasteiger charge is -2.24. The highest BCUT2D eigenvalue weighted by molar-refractivity contribution is 6.30. The Labute approximate surface area is 148 Å². The first kappa shape index (κ1) is 17.1. The van der Waals surface area contributed by atoms with Crippen LogP contribution < -0.4 is 5.73 Å². The Balaban J connectivity index is 2.08. The Hall–Kier alpha value is -1.74. The minimum atomic E-state index is -0.365. The Morgan fingerprint density at radius 1 is 1.21 bits per heavy atom. The van der Waals surface area contributed by atoms with Crippen molar-refractivity contribution in [3.8, 4) is 11.3 Å². The summed E-state index contributed by atoms with van der Waals surface area (Å²) < 4.78 is 2.27. The Morgan fingerprint density at radius 2 is 1.92 bits per heavy atom. The zero-order chi connectivity index (χ0) is 17.3. The fourth-order valence-corrected chi connectivity index (χ4v) is 4.02. The summed E-state index contributed by atoms with van der Waals surface area (Å²) in [6, 6.07) is 7.83. The molecule has 0 atom stereocenters. The number of aryl methyl sites for hydroxylation is 1. The molecule has 1 aromatic carbocycles. The van der Waals surface area contributed by atoms with Gasteiger partial charge in [0.15, 0.2) is 0 Å². The molecule has 1 amide bonds. The van der Waals surface area contributed by atoms with E-state index in [1.54, 1.807) is 0 Å². The van der Waals surface area contributed by atoms with Crippen LogP contribution in [0.25, 0.3) is 11.3 Å². The van der Waals surface area contributed by atoms with Gasteiger partial charge in [-0.2, -0.15) is 0 Å². The van der Waals surface area contributed by atoms with Crippen molar-refractivity contribution in [2.24, 2.45) is 11.7 Å². The smallest absolute Gasteiger partial charge is 0.250 e. The van der Waals surface area contributed by atoms with Crippen LogP contribution in [0.1, 0.15) is 53.7 Å². The highest BCUT2D eigenvalue weighted by Gasteiger charge is 2.21. The Morgan fingerprint density at radius 3 is 2.58 bits per heavy atom. The highest BCUT2D eigenvalue weighted by atomic mass is 35.5. The average molecular weight is 345 g/mol. The number of hydrogen-bond acceptors (Lipinski definition) is 1. The third-order valence-electron chi connectivity index (χ3n) is 5.27. The zero-order valence-electron chi connectivity index (χ0n) is 14.4. The minimum absolute atomic E-state index is 0.365. The topological polar surface area (TPSA) is 48.0 Å². The van der Waals surface area contributed by atoms with Crippen LogP contribution >= 0.6 is 11.6 Å². The van der Waals surface area contributed by atoms with Gasteiger partial charge in [0, 0.05) is 28.5 Å². The SMILES string of the molecule is Cc1ccc(Cl)cc1-c1cc(C(N)=O)c(C)n1CC1CCCCC1. The number of benzene rings is 1. The number of nitrogens with two attached hydrogens (primary N) is 1. The van der Waals surface area contributed by atoms with Crippen LogP contribution in [0.5, 0.6) is 0 Å². The van der Waals surface area contributed by atoms with Crippen LogP contribution in [0.2, 0.25) is 5.02 Å². The molecule has 4 heteroatoms. The molecular weight excluding hydrogens is 320 g/mol. The number of rotatable bonds is 4. The molecule has 0 aliphatic heterocycles. The first-order valence-corrected chi connectivity index (χ1v) is 9.11. The quantitative estimate of drug-likeness (QED) is 0.823. The fourth-order valence-electron chi connectivity index (χ4n) is 3.85. The number of amides is 1. The number of aromatic nitrogens is 1. The van der Waals surface area contributed by atoms with Crippen LogP contribution in [0, 0.1) is 19.8 Å². The van der Waals surface area contributed by atoms with Gasteiger partial charge in [0.25, 0.3) is 5.91 Å². The zero-order valence-corrected chi connectivity index (χ0v) is 15.2. The number of halogens is 1. The summed E-state index contributed by atoms with van der Waals surface area (Å²) in [7, 11) is 0. The molecule has 0 bridgehead atoms. The summed E-state index contributed by atoms with van der Waals surface area (Å²) in [5.74, 6) is 0.305. The lowest BCUT2D eigenvalue weighted by molar-refractivity contribution is 0.0999. The summed E-state index contributed by atoms with van der Waals surface area (Å²) in [6.45, 7) is 5.01. The van der Waals surface area contributed by atoms with Gasteiger partial charge in [-0.05, 0) is 56.4 Å². The third-order valence-corrected chi connectivity index (χ3v) is 5.51. The molecule has 1 aliphatic carbocycles. The van der Waals surface area contributed by atoms with Crippen molar-refractivity contribution in [1.82, 2.24) is 4.57 Å². The average Bonchev–Trinajstić information content (AvgIpc) is 2.88. The second-order valence-electron chi connectivity index (χ2n) is 6.97. The van der Waals surface area contributed by atoms with Crippen LogP contribution in [-0.4, -0.2) is 10.5 Å². The van der Waals surface area contributed by atoms with Crippen molar-refractivity contribution < 1.29 is 4.79 Å². The molecule has 0 radical (unpaired) electrons. The standard InChI is InChI=1S/C20H25ClN2O/c1-13-8-9-16(21)10-17(13)19-11-18(20(22)24)14(2)23(19)12-15-6-4-3-5-7-15/h8-11,15H,3-7,12H2,1-2H3,(H2,22,24). The maximum atomic E-state index is 11.8. The van der Waals surface area contributed by atoms with Crippen molar-refractivity contribution >= 4 is 17.5 Å². The number of carbonyl (C=O) groups is 1. The van der Waals surface area contributed by atoms with Gasteiger partial charge in [-0.15, -0.1) is 0 Å². The van der Waals surface area contributed by atoms with E-state index in [9.17, 15) is 4.79 Å². The molecule has 1 aromatic heterocycles. The molecule has 1 aliphatic rings. The number of nitrogens with zero attached hydrogens (tertiary/aromatic N) is 1. The first-order valence-electron chi connectivity index (χ1n) is 8.74. The molecule has 1 heterocycles. The number of carbonyl (C=O) groups excluding carboxylic acids is 1. The molecule has 0 spiro atoms. The molecule has 1 saturated carbocycles. The van der Waals surface area contributed by atoms with Crippen LogP contribution in [0.4, 0.5) is 0 Å². The van der Waals surface area contributed by atoms with Gasteiger partial charge < -0.3 is 10.3 Å². The second kappa shape index (κ2) is 7.02. The van der Waals surface area contributed by atoms with Gasteiger partial charge in [-0.25, -0.2) is 0 Å². The lowest BCUT2D eigenvalue weighted by Crippen LogP contribution is -2.17. The summed E-state index contributed by atoms with van der Waals surface area (Å²) >= 11 is 6.22. The van der Waals surface area contributed by atoms with E-state index in [-0.39, 0.29) is 5.91 Å². The first-order chi connectivity index (χ1) is 11.5. The molecule has 3 nitrogen and oxygen atoms in total. The van der Waals surface area contributed by atoms with Crippen molar-refractivity contribution in [1.29, 1.82) is 0 Å². The van der Waals surface area contributed by atoms with Crippen LogP contribution in [-0.2, 0) is 6.54 Å². The van der Waals surface area contributed by atoms with Crippen LogP contribution in [0.15, 0.2) is 24.3 Å². The minimum Gasteiger partial charge on any atom is -0.366 e. The van der Waals surface area contributed by atoms with E-state index in [1.165, 1.54) is 32.1 Å². The van der Waals surface area contributed by atoms with E-state index in [0.29, 0.717) is 16.5 Å². The highest BCUT2D eigenvalue weighted by Crippen LogP contribution is 2.33. The van der Waals surface area contributed by atoms with Crippen molar-refractivity contribution in [2.45, 2.75) is 52.5 Å². The van der Waals surface area contributed by atoms with Crippen LogP contribution in [0.3, 0.4) is 0 Å². The van der Waals surface area contributed by atoms with Crippen molar-refractivity contribution in [2.75, 3.05) is 0 Å². The molecule has 128 valence electrons. The van der Waals surface area contributed by atoms with E-state index in [4.69, 9.17) is 17.3 Å². The fraction of sp³-hybridized carbons (Fsp3) is 0.450. The van der Waals surface area contributed by atoms with Gasteiger partial charge in [-0.1, -0.05) is 36.9 Å². The number of primary amides is 1. The summed E-state index contributed by atoms with van der Waals surface area (Å²) in [5.41, 5.74) is 10.4. The predicted octanol–water partition coefficient (Wildman–Crippen LogP) is 5.10. The molecular formula is C20H25ClN2O. The van der Waals surface area contributed by atoms with E-state index in [0.717, 1.165) is 29.1 Å². The Bertz CT molecular complexity index is 757. The van der Waals surface area contributed by atoms with Gasteiger partial charge in [-0.3, -0.25) is 4.79 Å². The Kier molecular flexibility index (Phi) is 5.00. The van der Waals surface area contributed by atoms with E-state index in [2.05, 4.69) is 11.5 Å². The van der Waals surface area contributed by atoms with E-state index < -0.39 is 0 Å². The number of hydrogen-bond donors (Lipinski definition) is 1. The summed E-state index contributed by atoms with van der Waals surface area (Å²) in [4.78, 5) is 11.8. The van der Waals surface area contributed by atoms with Crippen molar-refractivity contribution in [3.05, 3.63) is 46.1 Å². The van der Waals surface area contributed by atoms with E-state index in [1.807, 2.05) is 31.2 Å². The predicted molar refractivity (Wildman–Crippen MR) is 99.4 cm³/mol. The maximum Gasteiger partial charge on any atom is 0.250 e. The van der Waals surface area contributed by atoms with E-state index >= 15 is 0 Å². The lowest BCUT2D eigenvalue weighted by atomic mass is 9.89. The van der Waals surface area contributed by atoms with Gasteiger partial charge >= 0.3 is 0 Å². The molecule has 3 rings (SSSR count). The van der Waals surface area contributed by atoms with Gasteiger partial charge in [0.05, 0.1) is 5.56 Å². The second-order valence-corrected chi connectivity index (χ2v) is 7.40. The maximum absolute atomic E-state index is 11.8. The molecule has 2 aromatic rings. The molecule has 24 heavy (non-hydrogen) atoms. The summed E-state index contributed by atoms with van der Waals surface area (Å²) in [6.07, 6.45) is 6.47. The molecule has 1 fully saturated rings. The summed E-state index contributed by atoms with van der Waals surface area (Å²) in [5, 5.41) is 0.708. The molecule has 0 unspecified atom stereocenters. The van der Waals surface area contributed by atoms with Gasteiger partial charge in [0.2, 0.25) is 0 Å².